The van der Waals surface area contributed by atoms with E-state index in [0.29, 0.717) is 50.6 Å². The molecule has 8 rings (SSSR count). The Bertz CT molecular complexity index is 3920. The first kappa shape index (κ1) is 71.9. The van der Waals surface area contributed by atoms with Crippen molar-refractivity contribution in [3.63, 3.8) is 0 Å². The molecule has 4 aromatic heterocycles. The molecule has 3 aromatic carbocycles. The molecule has 32 heteroatoms. The van der Waals surface area contributed by atoms with Crippen molar-refractivity contribution >= 4 is 86.9 Å². The molecule has 0 bridgehead atoms. The Morgan fingerprint density at radius 2 is 1.09 bits per heavy atom. The zero-order valence-electron chi connectivity index (χ0n) is 53.4. The highest BCUT2D eigenvalue weighted by Gasteiger charge is 2.44. The summed E-state index contributed by atoms with van der Waals surface area (Å²) in [6, 6.07) is 6.05. The van der Waals surface area contributed by atoms with Gasteiger partial charge in [0.1, 0.15) is 60.6 Å². The Morgan fingerprint density at radius 1 is 0.598 bits per heavy atom. The van der Waals surface area contributed by atoms with E-state index in [0.717, 1.165) is 4.90 Å². The Kier molecular flexibility index (Phi) is 24.4. The van der Waals surface area contributed by atoms with Gasteiger partial charge in [0.2, 0.25) is 53.2 Å². The van der Waals surface area contributed by atoms with Gasteiger partial charge < -0.3 is 98.2 Å². The first-order valence-corrected chi connectivity index (χ1v) is 31.3. The molecule has 0 spiro atoms. The number of nitrogens with zero attached hydrogens (tertiary/aromatic N) is 4. The molecule has 18 N–H and O–H groups in total. The zero-order chi connectivity index (χ0) is 70.1. The minimum Gasteiger partial charge on any atom is -0.508 e. The van der Waals surface area contributed by atoms with Crippen LogP contribution in [0.4, 0.5) is 0 Å². The van der Waals surface area contributed by atoms with Gasteiger partial charge >= 0.3 is 11.9 Å². The average Bonchev–Trinajstić information content (AvgIpc) is 1.54. The van der Waals surface area contributed by atoms with Crippen molar-refractivity contribution in [2.24, 2.45) is 5.73 Å². The molecule has 0 aliphatic carbocycles. The van der Waals surface area contributed by atoms with Gasteiger partial charge in [0.05, 0.1) is 31.9 Å². The van der Waals surface area contributed by atoms with Crippen LogP contribution < -0.4 is 43.0 Å². The minimum atomic E-state index is -1.86. The Hall–Kier alpha value is -11.0. The van der Waals surface area contributed by atoms with Gasteiger partial charge in [-0.1, -0.05) is 48.5 Å². The van der Waals surface area contributed by atoms with Gasteiger partial charge in [-0.15, -0.1) is 0 Å². The van der Waals surface area contributed by atoms with Crippen LogP contribution in [0.2, 0.25) is 0 Å². The van der Waals surface area contributed by atoms with Crippen LogP contribution in [-0.2, 0) is 84.8 Å². The number of fused-ring (bicyclic) bond motifs is 2. The number of hydrogen-bond donors (Lipinski definition) is 17. The van der Waals surface area contributed by atoms with Gasteiger partial charge in [-0.2, -0.15) is 0 Å². The Balaban J connectivity index is 1.06. The van der Waals surface area contributed by atoms with E-state index in [1.807, 2.05) is 0 Å². The second-order valence-corrected chi connectivity index (χ2v) is 24.5. The molecule has 0 radical (unpaired) electrons. The number of aromatic hydroxyl groups is 1. The number of imidazole rings is 2. The Morgan fingerprint density at radius 3 is 1.61 bits per heavy atom. The molecule has 1 saturated heterocycles. The number of benzene rings is 3. The summed E-state index contributed by atoms with van der Waals surface area (Å²) in [7, 11) is 0. The molecule has 32 nitrogen and oxygen atoms in total. The van der Waals surface area contributed by atoms with Crippen molar-refractivity contribution in [2.45, 2.75) is 138 Å². The summed E-state index contributed by atoms with van der Waals surface area (Å²) < 4.78 is 0. The molecule has 97 heavy (non-hydrogen) atoms. The molecule has 1 fully saturated rings. The number of phenols is 1. The van der Waals surface area contributed by atoms with Gasteiger partial charge in [0.25, 0.3) is 0 Å². The van der Waals surface area contributed by atoms with Crippen LogP contribution in [0.25, 0.3) is 21.8 Å². The second-order valence-electron chi connectivity index (χ2n) is 24.5. The summed E-state index contributed by atoms with van der Waals surface area (Å²) in [6.07, 6.45) is 7.16. The van der Waals surface area contributed by atoms with Crippen LogP contribution in [-0.4, -0.2) is 217 Å². The van der Waals surface area contributed by atoms with Crippen LogP contribution in [0.3, 0.4) is 0 Å². The van der Waals surface area contributed by atoms with E-state index >= 15 is 14.4 Å². The van der Waals surface area contributed by atoms with Crippen molar-refractivity contribution < 1.29 is 78.3 Å². The van der Waals surface area contributed by atoms with E-state index in [2.05, 4.69) is 67.1 Å². The molecule has 0 unspecified atom stereocenters. The number of carbonyl (C=O) groups is 11. The van der Waals surface area contributed by atoms with E-state index in [1.54, 1.807) is 60.9 Å². The maximum atomic E-state index is 15.5. The number of aliphatic carboxylic acids is 2. The molecular formula is C65H80N16O16. The number of carboxylic acids is 2. The van der Waals surface area contributed by atoms with Gasteiger partial charge in [-0.25, -0.2) is 9.97 Å². The maximum absolute atomic E-state index is 15.5. The fraction of sp³-hybridized carbons (Fsp3) is 0.400. The van der Waals surface area contributed by atoms with Crippen molar-refractivity contribution in [1.82, 2.24) is 76.9 Å². The summed E-state index contributed by atoms with van der Waals surface area (Å²) in [5.74, 6) is -11.0. The van der Waals surface area contributed by atoms with Crippen molar-refractivity contribution in [2.75, 3.05) is 26.3 Å². The van der Waals surface area contributed by atoms with Crippen molar-refractivity contribution in [3.8, 4) is 5.75 Å². The number of likely N-dealkylation sites (tertiary alicyclic amines) is 1. The minimum absolute atomic E-state index is 0.0654. The predicted molar refractivity (Wildman–Crippen MR) is 347 cm³/mol. The van der Waals surface area contributed by atoms with Crippen LogP contribution >= 0.6 is 0 Å². The molecule has 5 heterocycles. The highest BCUT2D eigenvalue weighted by atomic mass is 16.4. The number of nitrogens with two attached hydrogens (primary N) is 1. The fourth-order valence-electron chi connectivity index (χ4n) is 11.6. The summed E-state index contributed by atoms with van der Waals surface area (Å²) >= 11 is 0. The number of hydrogen-bond acceptors (Lipinski definition) is 17. The van der Waals surface area contributed by atoms with E-state index in [-0.39, 0.29) is 62.9 Å². The lowest BCUT2D eigenvalue weighted by Gasteiger charge is -2.42. The largest absolute Gasteiger partial charge is 0.508 e. The molecule has 0 saturated carbocycles. The number of amides is 9. The molecule has 7 aromatic rings. The average molecular weight is 1340 g/mol. The lowest BCUT2D eigenvalue weighted by Crippen LogP contribution is -2.66. The van der Waals surface area contributed by atoms with Crippen molar-refractivity contribution in [1.29, 1.82) is 0 Å². The number of carbonyl (C=O) groups excluding carboxylic acids is 9. The van der Waals surface area contributed by atoms with Crippen LogP contribution in [0.1, 0.15) is 74.5 Å². The number of H-pyrrole nitrogens is 4. The van der Waals surface area contributed by atoms with Gasteiger partial charge in [-0.05, 0) is 81.0 Å². The summed E-state index contributed by atoms with van der Waals surface area (Å²) in [5, 5.41) is 70.3. The van der Waals surface area contributed by atoms with Crippen LogP contribution in [0.5, 0.6) is 5.75 Å². The molecular weight excluding hydrogens is 1260 g/mol. The predicted octanol–water partition coefficient (Wildman–Crippen LogP) is -1.41. The number of rotatable bonds is 33. The number of aromatic amines is 4. The van der Waals surface area contributed by atoms with Crippen LogP contribution in [0, 0.1) is 0 Å². The smallest absolute Gasteiger partial charge is 0.322 e. The lowest BCUT2D eigenvalue weighted by molar-refractivity contribution is -0.151. The van der Waals surface area contributed by atoms with Gasteiger partial charge in [-0.3, -0.25) is 52.7 Å². The highest BCUT2D eigenvalue weighted by molar-refractivity contribution is 6.00. The van der Waals surface area contributed by atoms with Gasteiger partial charge in [0, 0.05) is 109 Å². The first-order valence-electron chi connectivity index (χ1n) is 31.3. The number of aliphatic hydroxyl groups is 2. The SMILES string of the molecule is CC(C)(C)N(C(=O)[C@H](Cc1cnc[nH]1)NC(=O)[C@H](CO)NC(=O)[C@H](Cc1c[nH]c2ccccc12)NC(=O)[C@H](Cc1cnc[nH]1)NC(=O)[C@@H](N)CCC(=O)O)[C@H](CO)C(=O)N[C@@H](Cc1c[nH]c2ccccc12)C(=O)N[C@@H](Cc1ccc(O)cc1)C(=O)N1CCC[C@H]1C(=O)NCC(=O)O. The summed E-state index contributed by atoms with van der Waals surface area (Å²) in [5.41, 5.74) is 8.10. The summed E-state index contributed by atoms with van der Waals surface area (Å²) in [6.45, 7) is 1.80. The normalized spacial score (nSPS) is 15.5. The second kappa shape index (κ2) is 32.9. The van der Waals surface area contributed by atoms with E-state index in [4.69, 9.17) is 5.73 Å². The van der Waals surface area contributed by atoms with E-state index in [1.165, 1.54) is 75.0 Å². The molecule has 1 aliphatic heterocycles. The number of para-hydroxylation sites is 2. The lowest BCUT2D eigenvalue weighted by atomic mass is 9.97. The number of phenolic OH excluding ortho intramolecular Hbond substituents is 1. The van der Waals surface area contributed by atoms with E-state index < -0.39 is 151 Å². The van der Waals surface area contributed by atoms with Gasteiger partial charge in [0.15, 0.2) is 0 Å². The number of nitrogens with one attached hydrogen (secondary N) is 11. The maximum Gasteiger partial charge on any atom is 0.322 e. The monoisotopic (exact) mass is 1340 g/mol. The first-order chi connectivity index (χ1) is 46.3. The molecule has 1 aliphatic rings. The Labute approximate surface area is 554 Å². The van der Waals surface area contributed by atoms with Crippen molar-refractivity contribution in [3.05, 3.63) is 138 Å². The number of carboxylic acid groups (broad SMARTS) is 2. The zero-order valence-corrected chi connectivity index (χ0v) is 53.4. The van der Waals surface area contributed by atoms with E-state index in [9.17, 15) is 63.9 Å². The summed E-state index contributed by atoms with van der Waals surface area (Å²) in [4.78, 5) is 176. The standard InChI is InChI=1S/C65H80N16O16/c1-65(2,3)81(53(32-83)62(95)76-47(23-37-27-70-45-12-7-5-10-42(37)45)57(90)77-49(21-35-14-16-40(84)17-15-35)63(96)80-20-8-13-52(80)61(94)71-30-55(87)88)64(97)50(25-39-29-68-34-73-39)78-60(93)51(31-82)79-58(91)46(22-36-26-69-44-11-6-4-9-41(36)44)75-59(92)48(24-38-28-67-33-72-38)74-56(89)43(66)18-19-54(85)86/h4-7,9-12,14-17,26-29,33-34,43,46-53,69-70,82-84H,8,13,18-25,30-32,66H2,1-3H3,(H,67,72)(H,68,73)(H,71,94)(H,74,89)(H,75,92)(H,76,95)(H,77,90)(H,78,93)(H,79,91)(H,85,86)(H,87,88)/t43-,46-,47-,48-,49-,50-,51-,52-,53+/m0/s1. The quantitative estimate of drug-likeness (QED) is 0.0225. The topological polar surface area (TPSA) is 495 Å². The fourth-order valence-corrected chi connectivity index (χ4v) is 11.6. The molecule has 516 valence electrons. The van der Waals surface area contributed by atoms with Crippen LogP contribution in [0.15, 0.2) is 110 Å². The number of aromatic nitrogens is 6. The third-order valence-electron chi connectivity index (χ3n) is 16.5. The third-order valence-corrected chi connectivity index (χ3v) is 16.5. The third kappa shape index (κ3) is 19.1. The molecule has 9 amide bonds. The number of aliphatic hydroxyl groups excluding tert-OH is 2. The highest BCUT2D eigenvalue weighted by Crippen LogP contribution is 2.26. The molecule has 9 atom stereocenters.